The molecule has 0 aliphatic carbocycles. The number of amides is 1. The molecule has 0 saturated heterocycles. The lowest BCUT2D eigenvalue weighted by molar-refractivity contribution is -0.134. The highest BCUT2D eigenvalue weighted by atomic mass is 16.5. The molecule has 34 heavy (non-hydrogen) atoms. The molecule has 5 N–H and O–H groups in total. The van der Waals surface area contributed by atoms with Gasteiger partial charge in [0.2, 0.25) is 6.41 Å². The number of aliphatic carboxylic acids is 2. The summed E-state index contributed by atoms with van der Waals surface area (Å²) < 4.78 is 5.17. The van der Waals surface area contributed by atoms with Crippen LogP contribution in [0.15, 0.2) is 54.6 Å². The Hall–Kier alpha value is -3.89. The first-order valence-corrected chi connectivity index (χ1v) is 10.3. The van der Waals surface area contributed by atoms with Crippen LogP contribution in [0.1, 0.15) is 24.2 Å². The van der Waals surface area contributed by atoms with Crippen molar-refractivity contribution >= 4 is 24.0 Å². The van der Waals surface area contributed by atoms with Crippen LogP contribution in [0.3, 0.4) is 0 Å². The number of anilines is 1. The number of nitrogens with one attached hydrogen (secondary N) is 1. The molecule has 0 saturated carbocycles. The maximum absolute atomic E-state index is 10.6. The van der Waals surface area contributed by atoms with E-state index in [4.69, 9.17) is 14.9 Å². The van der Waals surface area contributed by atoms with Crippen LogP contribution in [0.2, 0.25) is 0 Å². The van der Waals surface area contributed by atoms with Crippen LogP contribution < -0.4 is 10.1 Å². The van der Waals surface area contributed by atoms with Gasteiger partial charge in [-0.2, -0.15) is 0 Å². The molecule has 1 amide bonds. The number of hydrogen-bond acceptors (Lipinski definition) is 7. The van der Waals surface area contributed by atoms with Crippen molar-refractivity contribution in [3.05, 3.63) is 65.7 Å². The van der Waals surface area contributed by atoms with Crippen LogP contribution in [0.5, 0.6) is 11.5 Å². The van der Waals surface area contributed by atoms with Crippen molar-refractivity contribution in [3.8, 4) is 11.5 Å². The number of carboxylic acids is 2. The molecule has 0 aromatic heterocycles. The van der Waals surface area contributed by atoms with Gasteiger partial charge in [-0.1, -0.05) is 18.2 Å². The highest BCUT2D eigenvalue weighted by molar-refractivity contribution is 5.89. The number of carboxylic acid groups (broad SMARTS) is 2. The fraction of sp³-hybridized carbons (Fsp3) is 0.292. The third-order valence-electron chi connectivity index (χ3n) is 4.89. The van der Waals surface area contributed by atoms with Gasteiger partial charge in [0.25, 0.3) is 0 Å². The highest BCUT2D eigenvalue weighted by Crippen LogP contribution is 2.27. The Morgan fingerprint density at radius 3 is 2.18 bits per heavy atom. The van der Waals surface area contributed by atoms with E-state index in [1.807, 2.05) is 31.3 Å². The standard InChI is InChI=1S/C20H26N2O4.C4H4O4/c1-14(10-15-4-7-17(26-3)8-5-15)22(2)12-20(25)16-6-9-19(24)18(11-16)21-13-23;5-3(6)1-2-4(7)8/h4-9,11,13-14,20,24-25H,10,12H2,1-3H3,(H,21,23);1-2H,(H,5,6)(H,7,8). The second kappa shape index (κ2) is 14.3. The summed E-state index contributed by atoms with van der Waals surface area (Å²) in [6, 6.07) is 12.9. The Morgan fingerprint density at radius 2 is 1.68 bits per heavy atom. The molecule has 2 unspecified atom stereocenters. The molecule has 2 aromatic carbocycles. The normalized spacial score (nSPS) is 12.4. The summed E-state index contributed by atoms with van der Waals surface area (Å²) in [4.78, 5) is 31.8. The van der Waals surface area contributed by atoms with Gasteiger partial charge in [0.05, 0.1) is 18.9 Å². The maximum Gasteiger partial charge on any atom is 0.328 e. The van der Waals surface area contributed by atoms with E-state index in [2.05, 4.69) is 17.1 Å². The number of likely N-dealkylation sites (N-methyl/N-ethyl adjacent to an activating group) is 1. The molecule has 10 nitrogen and oxygen atoms in total. The third-order valence-corrected chi connectivity index (χ3v) is 4.89. The number of phenolic OH excluding ortho intramolecular Hbond substituents is 1. The lowest BCUT2D eigenvalue weighted by Crippen LogP contribution is -2.34. The summed E-state index contributed by atoms with van der Waals surface area (Å²) in [5.74, 6) is -1.72. The number of nitrogens with zero attached hydrogens (tertiary/aromatic N) is 1. The molecule has 0 bridgehead atoms. The molecule has 10 heteroatoms. The number of aliphatic hydroxyl groups excluding tert-OH is 1. The first-order valence-electron chi connectivity index (χ1n) is 10.3. The van der Waals surface area contributed by atoms with Gasteiger partial charge < -0.3 is 35.4 Å². The van der Waals surface area contributed by atoms with Crippen LogP contribution >= 0.6 is 0 Å². The second-order valence-electron chi connectivity index (χ2n) is 7.41. The molecule has 0 fully saturated rings. The monoisotopic (exact) mass is 474 g/mol. The Bertz CT molecular complexity index is 959. The maximum atomic E-state index is 10.6. The molecule has 0 heterocycles. The topological polar surface area (TPSA) is 157 Å². The van der Waals surface area contributed by atoms with Crippen molar-refractivity contribution in [2.24, 2.45) is 0 Å². The second-order valence-corrected chi connectivity index (χ2v) is 7.41. The minimum Gasteiger partial charge on any atom is -0.506 e. The van der Waals surface area contributed by atoms with Crippen LogP contribution in [-0.4, -0.2) is 70.4 Å². The van der Waals surface area contributed by atoms with Gasteiger partial charge in [-0.05, 0) is 55.8 Å². The quantitative estimate of drug-likeness (QED) is 0.187. The largest absolute Gasteiger partial charge is 0.506 e. The van der Waals surface area contributed by atoms with Crippen molar-refractivity contribution in [1.29, 1.82) is 0 Å². The predicted octanol–water partition coefficient (Wildman–Crippen LogP) is 2.28. The molecule has 0 aliphatic heterocycles. The fourth-order valence-electron chi connectivity index (χ4n) is 2.90. The Morgan fingerprint density at radius 1 is 1.09 bits per heavy atom. The van der Waals surface area contributed by atoms with E-state index in [1.165, 1.54) is 11.6 Å². The first-order chi connectivity index (χ1) is 16.1. The minimum atomic E-state index is -1.26. The van der Waals surface area contributed by atoms with Crippen molar-refractivity contribution < 1.29 is 39.5 Å². The zero-order chi connectivity index (χ0) is 25.7. The van der Waals surface area contributed by atoms with E-state index in [9.17, 15) is 24.6 Å². The molecule has 2 atom stereocenters. The number of benzene rings is 2. The van der Waals surface area contributed by atoms with Gasteiger partial charge >= 0.3 is 11.9 Å². The van der Waals surface area contributed by atoms with Crippen molar-refractivity contribution in [2.45, 2.75) is 25.5 Å². The number of aromatic hydroxyl groups is 1. The van der Waals surface area contributed by atoms with Crippen molar-refractivity contribution in [1.82, 2.24) is 4.90 Å². The number of rotatable bonds is 11. The predicted molar refractivity (Wildman–Crippen MR) is 126 cm³/mol. The van der Waals surface area contributed by atoms with E-state index in [-0.39, 0.29) is 17.5 Å². The molecule has 0 spiro atoms. The zero-order valence-electron chi connectivity index (χ0n) is 19.2. The van der Waals surface area contributed by atoms with Crippen LogP contribution in [0.25, 0.3) is 0 Å². The van der Waals surface area contributed by atoms with Gasteiger partial charge in [0.15, 0.2) is 0 Å². The van der Waals surface area contributed by atoms with E-state index in [0.717, 1.165) is 12.2 Å². The summed E-state index contributed by atoms with van der Waals surface area (Å²) >= 11 is 0. The number of carbonyl (C=O) groups is 3. The number of aliphatic hydroxyl groups is 1. The Kier molecular flexibility index (Phi) is 11.8. The molecule has 0 radical (unpaired) electrons. The Labute approximate surface area is 197 Å². The Balaban J connectivity index is 0.000000620. The van der Waals surface area contributed by atoms with E-state index in [0.29, 0.717) is 30.7 Å². The number of phenols is 1. The van der Waals surface area contributed by atoms with Crippen molar-refractivity contribution in [2.75, 3.05) is 26.0 Å². The summed E-state index contributed by atoms with van der Waals surface area (Å²) in [5, 5.41) is 38.2. The molecule has 184 valence electrons. The van der Waals surface area contributed by atoms with Gasteiger partial charge in [-0.3, -0.25) is 4.79 Å². The summed E-state index contributed by atoms with van der Waals surface area (Å²) in [6.07, 6.45) is 1.73. The number of ether oxygens (including phenoxy) is 1. The minimum absolute atomic E-state index is 0.0331. The van der Waals surface area contributed by atoms with Crippen LogP contribution in [-0.2, 0) is 20.8 Å². The third kappa shape index (κ3) is 10.2. The van der Waals surface area contributed by atoms with Gasteiger partial charge in [0, 0.05) is 24.7 Å². The van der Waals surface area contributed by atoms with Gasteiger partial charge in [0.1, 0.15) is 11.5 Å². The molecule has 2 rings (SSSR count). The lowest BCUT2D eigenvalue weighted by Gasteiger charge is -2.27. The highest BCUT2D eigenvalue weighted by Gasteiger charge is 2.17. The van der Waals surface area contributed by atoms with E-state index < -0.39 is 18.0 Å². The first kappa shape index (κ1) is 28.1. The molecular formula is C24H30N2O8. The molecule has 2 aromatic rings. The van der Waals surface area contributed by atoms with Gasteiger partial charge in [-0.25, -0.2) is 9.59 Å². The van der Waals surface area contributed by atoms with Gasteiger partial charge in [-0.15, -0.1) is 0 Å². The molecular weight excluding hydrogens is 444 g/mol. The average molecular weight is 475 g/mol. The summed E-state index contributed by atoms with van der Waals surface area (Å²) in [5.41, 5.74) is 2.11. The zero-order valence-corrected chi connectivity index (χ0v) is 19.2. The number of hydrogen-bond donors (Lipinski definition) is 5. The summed E-state index contributed by atoms with van der Waals surface area (Å²) in [7, 11) is 3.61. The summed E-state index contributed by atoms with van der Waals surface area (Å²) in [6.45, 7) is 2.54. The van der Waals surface area contributed by atoms with Crippen LogP contribution in [0.4, 0.5) is 5.69 Å². The number of methoxy groups -OCH3 is 1. The SMILES string of the molecule is COc1ccc(CC(C)N(C)CC(O)c2ccc(O)c(NC=O)c2)cc1.O=C(O)C=CC(=O)O. The number of carbonyl (C=O) groups excluding carboxylic acids is 1. The van der Waals surface area contributed by atoms with E-state index in [1.54, 1.807) is 19.2 Å². The van der Waals surface area contributed by atoms with Crippen LogP contribution in [0, 0.1) is 0 Å². The lowest BCUT2D eigenvalue weighted by atomic mass is 10.0. The average Bonchev–Trinajstić information content (AvgIpc) is 2.80. The van der Waals surface area contributed by atoms with E-state index >= 15 is 0 Å². The molecule has 0 aliphatic rings. The smallest absolute Gasteiger partial charge is 0.328 e. The van der Waals surface area contributed by atoms with Crippen molar-refractivity contribution in [3.63, 3.8) is 0 Å². The fourth-order valence-corrected chi connectivity index (χ4v) is 2.90.